The summed E-state index contributed by atoms with van der Waals surface area (Å²) >= 11 is 1.84. The summed E-state index contributed by atoms with van der Waals surface area (Å²) in [7, 11) is 1.88. The summed E-state index contributed by atoms with van der Waals surface area (Å²) in [5.41, 5.74) is 0. The fourth-order valence-corrected chi connectivity index (χ4v) is 5.02. The summed E-state index contributed by atoms with van der Waals surface area (Å²) in [5.74, 6) is 1.85. The van der Waals surface area contributed by atoms with Gasteiger partial charge in [-0.25, -0.2) is 0 Å². The molecule has 1 aromatic rings. The Labute approximate surface area is 169 Å². The van der Waals surface area contributed by atoms with Crippen LogP contribution in [0.2, 0.25) is 0 Å². The Morgan fingerprint density at radius 3 is 2.78 bits per heavy atom. The molecule has 3 rings (SSSR count). The first-order valence-electron chi connectivity index (χ1n) is 10.7. The molecular weight excluding hydrogens is 354 g/mol. The molecule has 3 heterocycles. The molecule has 0 spiro atoms. The molecular formula is C21H37N5S. The first-order valence-corrected chi connectivity index (χ1v) is 11.6. The van der Waals surface area contributed by atoms with E-state index < -0.39 is 0 Å². The highest BCUT2D eigenvalue weighted by atomic mass is 32.1. The van der Waals surface area contributed by atoms with Crippen LogP contribution in [0.5, 0.6) is 0 Å². The van der Waals surface area contributed by atoms with Crippen molar-refractivity contribution in [3.05, 3.63) is 17.5 Å². The number of unbranched alkanes of at least 4 members (excludes halogenated alkanes) is 1. The summed E-state index contributed by atoms with van der Waals surface area (Å²) in [6.45, 7) is 9.49. The van der Waals surface area contributed by atoms with Gasteiger partial charge in [0, 0.05) is 39.3 Å². The number of thiophene rings is 1. The molecule has 2 aliphatic heterocycles. The number of guanidine groups is 1. The van der Waals surface area contributed by atoms with Crippen LogP contribution in [0.3, 0.4) is 0 Å². The van der Waals surface area contributed by atoms with Crippen molar-refractivity contribution in [1.29, 1.82) is 0 Å². The number of hydrogen-bond acceptors (Lipinski definition) is 4. The van der Waals surface area contributed by atoms with E-state index in [0.29, 0.717) is 6.04 Å². The normalized spacial score (nSPS) is 22.8. The third kappa shape index (κ3) is 6.68. The van der Waals surface area contributed by atoms with Gasteiger partial charge in [-0.1, -0.05) is 6.92 Å². The number of nitrogens with zero attached hydrogens (tertiary/aromatic N) is 3. The van der Waals surface area contributed by atoms with E-state index in [4.69, 9.17) is 0 Å². The molecule has 0 bridgehead atoms. The Kier molecular flexibility index (Phi) is 8.27. The number of aliphatic imine (C=N–C) groups is 1. The van der Waals surface area contributed by atoms with E-state index in [1.54, 1.807) is 0 Å². The van der Waals surface area contributed by atoms with Crippen LogP contribution in [0.15, 0.2) is 22.5 Å². The fraction of sp³-hybridized carbons (Fsp3) is 0.762. The van der Waals surface area contributed by atoms with Crippen molar-refractivity contribution >= 4 is 22.3 Å². The van der Waals surface area contributed by atoms with Crippen LogP contribution in [0.4, 0.5) is 5.00 Å². The fourth-order valence-electron chi connectivity index (χ4n) is 4.24. The molecule has 0 saturated carbocycles. The number of rotatable bonds is 7. The predicted molar refractivity (Wildman–Crippen MR) is 118 cm³/mol. The Hall–Kier alpha value is -1.27. The van der Waals surface area contributed by atoms with E-state index in [9.17, 15) is 0 Å². The molecule has 1 unspecified atom stereocenters. The third-order valence-corrected chi connectivity index (χ3v) is 6.74. The number of nitrogens with one attached hydrogen (secondary N) is 2. The van der Waals surface area contributed by atoms with Crippen LogP contribution < -0.4 is 15.5 Å². The highest BCUT2D eigenvalue weighted by Crippen LogP contribution is 2.24. The topological polar surface area (TPSA) is 42.9 Å². The SMILES string of the molecule is CN=C(NCCCCN1CCCC(C)C1)NC1CCN(c2cccs2)CC1. The van der Waals surface area contributed by atoms with Gasteiger partial charge in [0.05, 0.1) is 5.00 Å². The van der Waals surface area contributed by atoms with E-state index >= 15 is 0 Å². The Morgan fingerprint density at radius 1 is 1.22 bits per heavy atom. The van der Waals surface area contributed by atoms with Gasteiger partial charge in [-0.05, 0) is 75.0 Å². The zero-order chi connectivity index (χ0) is 18.9. The lowest BCUT2D eigenvalue weighted by Gasteiger charge is -2.33. The zero-order valence-electron chi connectivity index (χ0n) is 17.1. The molecule has 2 saturated heterocycles. The van der Waals surface area contributed by atoms with E-state index in [-0.39, 0.29) is 0 Å². The van der Waals surface area contributed by atoms with E-state index in [1.165, 1.54) is 63.2 Å². The van der Waals surface area contributed by atoms with Crippen LogP contribution in [0.25, 0.3) is 0 Å². The molecule has 0 aliphatic carbocycles. The minimum absolute atomic E-state index is 0.530. The van der Waals surface area contributed by atoms with Crippen LogP contribution in [0.1, 0.15) is 45.4 Å². The highest BCUT2D eigenvalue weighted by molar-refractivity contribution is 7.14. The second kappa shape index (κ2) is 10.9. The highest BCUT2D eigenvalue weighted by Gasteiger charge is 2.20. The molecule has 152 valence electrons. The van der Waals surface area contributed by atoms with Gasteiger partial charge in [0.1, 0.15) is 0 Å². The quantitative estimate of drug-likeness (QED) is 0.425. The molecule has 0 radical (unpaired) electrons. The van der Waals surface area contributed by atoms with Crippen molar-refractivity contribution in [2.45, 2.75) is 51.5 Å². The molecule has 1 atom stereocenters. The summed E-state index contributed by atoms with van der Waals surface area (Å²) in [4.78, 5) is 9.56. The lowest BCUT2D eigenvalue weighted by atomic mass is 10.0. The van der Waals surface area contributed by atoms with Gasteiger partial charge in [0.15, 0.2) is 5.96 Å². The van der Waals surface area contributed by atoms with Crippen LogP contribution >= 0.6 is 11.3 Å². The lowest BCUT2D eigenvalue weighted by Crippen LogP contribution is -2.48. The van der Waals surface area contributed by atoms with Gasteiger partial charge in [0.25, 0.3) is 0 Å². The van der Waals surface area contributed by atoms with Gasteiger partial charge in [-0.15, -0.1) is 11.3 Å². The number of piperidine rings is 2. The van der Waals surface area contributed by atoms with Crippen molar-refractivity contribution in [3.8, 4) is 0 Å². The van der Waals surface area contributed by atoms with E-state index in [1.807, 2.05) is 18.4 Å². The third-order valence-electron chi connectivity index (χ3n) is 5.81. The summed E-state index contributed by atoms with van der Waals surface area (Å²) in [5, 5.41) is 10.7. The summed E-state index contributed by atoms with van der Waals surface area (Å²) in [6, 6.07) is 4.90. The molecule has 5 nitrogen and oxygen atoms in total. The van der Waals surface area contributed by atoms with Gasteiger partial charge >= 0.3 is 0 Å². The Morgan fingerprint density at radius 2 is 2.07 bits per heavy atom. The maximum absolute atomic E-state index is 4.42. The van der Waals surface area contributed by atoms with Crippen LogP contribution in [-0.4, -0.2) is 63.2 Å². The van der Waals surface area contributed by atoms with E-state index in [2.05, 4.69) is 49.9 Å². The second-order valence-electron chi connectivity index (χ2n) is 8.11. The van der Waals surface area contributed by atoms with Crippen LogP contribution in [-0.2, 0) is 0 Å². The molecule has 6 heteroatoms. The first kappa shape index (κ1) is 20.5. The summed E-state index contributed by atoms with van der Waals surface area (Å²) in [6.07, 6.45) is 7.61. The molecule has 1 aromatic heterocycles. The first-order chi connectivity index (χ1) is 13.2. The van der Waals surface area contributed by atoms with Crippen molar-refractivity contribution < 1.29 is 0 Å². The Balaban J connectivity index is 1.27. The van der Waals surface area contributed by atoms with Crippen LogP contribution in [0, 0.1) is 5.92 Å². The van der Waals surface area contributed by atoms with Crippen molar-refractivity contribution in [1.82, 2.24) is 15.5 Å². The molecule has 2 N–H and O–H groups in total. The van der Waals surface area contributed by atoms with Gasteiger partial charge in [0.2, 0.25) is 0 Å². The molecule has 0 aromatic carbocycles. The Bertz CT molecular complexity index is 551. The van der Waals surface area contributed by atoms with E-state index in [0.717, 1.165) is 31.5 Å². The monoisotopic (exact) mass is 391 g/mol. The average Bonchev–Trinajstić information content (AvgIpc) is 3.22. The van der Waals surface area contributed by atoms with Gasteiger partial charge in [-0.2, -0.15) is 0 Å². The lowest BCUT2D eigenvalue weighted by molar-refractivity contribution is 0.181. The van der Waals surface area contributed by atoms with Crippen molar-refractivity contribution in [2.24, 2.45) is 10.9 Å². The predicted octanol–water partition coefficient (Wildman–Crippen LogP) is 3.39. The standard InChI is InChI=1S/C21H37N5S/c1-18-7-5-13-25(17-18)12-4-3-11-23-21(22-2)24-19-9-14-26(15-10-19)20-8-6-16-27-20/h6,8,16,18-19H,3-5,7,9-15,17H2,1-2H3,(H2,22,23,24). The average molecular weight is 392 g/mol. The zero-order valence-corrected chi connectivity index (χ0v) is 17.9. The van der Waals surface area contributed by atoms with Crippen molar-refractivity contribution in [2.75, 3.05) is 51.2 Å². The molecule has 0 amide bonds. The maximum Gasteiger partial charge on any atom is 0.191 e. The smallest absolute Gasteiger partial charge is 0.191 e. The minimum Gasteiger partial charge on any atom is -0.363 e. The van der Waals surface area contributed by atoms with Gasteiger partial charge < -0.3 is 20.4 Å². The molecule has 2 aliphatic rings. The molecule has 27 heavy (non-hydrogen) atoms. The number of anilines is 1. The second-order valence-corrected chi connectivity index (χ2v) is 9.04. The van der Waals surface area contributed by atoms with Gasteiger partial charge in [-0.3, -0.25) is 4.99 Å². The molecule has 2 fully saturated rings. The largest absolute Gasteiger partial charge is 0.363 e. The van der Waals surface area contributed by atoms with Crippen molar-refractivity contribution in [3.63, 3.8) is 0 Å². The summed E-state index contributed by atoms with van der Waals surface area (Å²) < 4.78 is 0. The minimum atomic E-state index is 0.530. The number of likely N-dealkylation sites (tertiary alicyclic amines) is 1. The maximum atomic E-state index is 4.42. The number of hydrogen-bond donors (Lipinski definition) is 2.